The summed E-state index contributed by atoms with van der Waals surface area (Å²) >= 11 is 0. The minimum Gasteiger partial charge on any atom is -0.394 e. The fourth-order valence-corrected chi connectivity index (χ4v) is 3.36. The zero-order chi connectivity index (χ0) is 17.6. The van der Waals surface area contributed by atoms with Crippen LogP contribution >= 0.6 is 0 Å². The molecule has 0 amide bonds. The van der Waals surface area contributed by atoms with Crippen molar-refractivity contribution in [1.82, 2.24) is 9.97 Å². The molecule has 2 aliphatic rings. The van der Waals surface area contributed by atoms with Crippen molar-refractivity contribution in [3.63, 3.8) is 0 Å². The van der Waals surface area contributed by atoms with E-state index in [0.717, 1.165) is 5.56 Å². The van der Waals surface area contributed by atoms with Gasteiger partial charge in [0.2, 0.25) is 5.95 Å². The minimum absolute atomic E-state index is 0.00140. The van der Waals surface area contributed by atoms with Crippen LogP contribution in [0.1, 0.15) is 18.2 Å². The van der Waals surface area contributed by atoms with Gasteiger partial charge in [0, 0.05) is 6.42 Å². The third kappa shape index (κ3) is 2.62. The van der Waals surface area contributed by atoms with E-state index < -0.39 is 24.6 Å². The van der Waals surface area contributed by atoms with Gasteiger partial charge in [-0.1, -0.05) is 30.3 Å². The van der Waals surface area contributed by atoms with Crippen LogP contribution in [0.15, 0.2) is 35.1 Å². The molecule has 2 unspecified atom stereocenters. The molecule has 0 saturated carbocycles. The van der Waals surface area contributed by atoms with E-state index in [1.807, 2.05) is 30.3 Å². The maximum absolute atomic E-state index is 12.3. The Kier molecular flexibility index (Phi) is 3.83. The molecule has 2 aliphatic heterocycles. The molecule has 3 heterocycles. The molecule has 132 valence electrons. The fraction of sp³-hybridized carbons (Fsp3) is 0.375. The number of hydrogen-bond donors (Lipinski definition) is 5. The van der Waals surface area contributed by atoms with Crippen molar-refractivity contribution in [2.45, 2.75) is 31.0 Å². The van der Waals surface area contributed by atoms with Gasteiger partial charge < -0.3 is 30.9 Å². The predicted molar refractivity (Wildman–Crippen MR) is 90.9 cm³/mol. The first-order valence-electron chi connectivity index (χ1n) is 8.02. The number of aromatic amines is 1. The molecular weight excluding hydrogens is 326 g/mol. The maximum atomic E-state index is 12.3. The highest BCUT2D eigenvalue weighted by molar-refractivity contribution is 5.73. The Balaban J connectivity index is 1.78. The van der Waals surface area contributed by atoms with Crippen LogP contribution in [0.25, 0.3) is 0 Å². The average Bonchev–Trinajstić information content (AvgIpc) is 3.16. The summed E-state index contributed by atoms with van der Waals surface area (Å²) < 4.78 is 5.79. The Morgan fingerprint density at radius 1 is 1.36 bits per heavy atom. The molecule has 6 N–H and O–H groups in total. The number of nitrogens with two attached hydrogens (primary N) is 1. The van der Waals surface area contributed by atoms with Gasteiger partial charge in [-0.25, -0.2) is 0 Å². The van der Waals surface area contributed by atoms with Gasteiger partial charge in [-0.15, -0.1) is 0 Å². The largest absolute Gasteiger partial charge is 0.394 e. The molecule has 2 aromatic rings. The molecule has 0 aliphatic carbocycles. The van der Waals surface area contributed by atoms with E-state index in [0.29, 0.717) is 11.5 Å². The van der Waals surface area contributed by atoms with Gasteiger partial charge in [0.15, 0.2) is 5.82 Å². The number of nitrogens with zero attached hydrogens (tertiary/aromatic N) is 2. The summed E-state index contributed by atoms with van der Waals surface area (Å²) in [5.41, 5.74) is 6.54. The number of fused-ring (bicyclic) bond motifs is 1. The highest BCUT2D eigenvalue weighted by atomic mass is 16.5. The van der Waals surface area contributed by atoms with E-state index in [1.54, 1.807) is 4.90 Å². The highest BCUT2D eigenvalue weighted by Gasteiger charge is 2.44. The zero-order valence-corrected chi connectivity index (χ0v) is 13.3. The van der Waals surface area contributed by atoms with Gasteiger partial charge in [-0.3, -0.25) is 9.78 Å². The van der Waals surface area contributed by atoms with Gasteiger partial charge >= 0.3 is 0 Å². The first-order chi connectivity index (χ1) is 12.1. The van der Waals surface area contributed by atoms with E-state index in [9.17, 15) is 15.0 Å². The first kappa shape index (κ1) is 15.9. The Labute approximate surface area is 143 Å². The maximum Gasteiger partial charge on any atom is 0.277 e. The topological polar surface area (TPSA) is 137 Å². The molecular formula is C16H19N5O4. The summed E-state index contributed by atoms with van der Waals surface area (Å²) in [6.45, 7) is -0.285. The number of aliphatic hydroxyl groups is 2. The number of anilines is 3. The van der Waals surface area contributed by atoms with Crippen molar-refractivity contribution in [2.75, 3.05) is 22.6 Å². The first-order valence-corrected chi connectivity index (χ1v) is 8.02. The lowest BCUT2D eigenvalue weighted by atomic mass is 10.1. The van der Waals surface area contributed by atoms with Crippen LogP contribution in [0.4, 0.5) is 17.5 Å². The second-order valence-corrected chi connectivity index (χ2v) is 6.13. The molecule has 0 bridgehead atoms. The van der Waals surface area contributed by atoms with Crippen LogP contribution in [0.3, 0.4) is 0 Å². The number of nitrogens with one attached hydrogen (secondary N) is 2. The van der Waals surface area contributed by atoms with Crippen LogP contribution in [0, 0.1) is 0 Å². The molecule has 4 rings (SSSR count). The highest BCUT2D eigenvalue weighted by Crippen LogP contribution is 2.42. The summed E-state index contributed by atoms with van der Waals surface area (Å²) in [6, 6.07) is 9.53. The van der Waals surface area contributed by atoms with E-state index >= 15 is 0 Å². The second-order valence-electron chi connectivity index (χ2n) is 6.13. The van der Waals surface area contributed by atoms with E-state index in [4.69, 9.17) is 10.5 Å². The average molecular weight is 345 g/mol. The SMILES string of the molecule is Nc1nc2c(c(=O)[nH]1)NC(c1ccccc1)N2[C@H]1CC(O)[C@@H](CO)O1. The number of benzene rings is 1. The van der Waals surface area contributed by atoms with E-state index in [1.165, 1.54) is 0 Å². The summed E-state index contributed by atoms with van der Waals surface area (Å²) in [7, 11) is 0. The van der Waals surface area contributed by atoms with Crippen molar-refractivity contribution in [2.24, 2.45) is 0 Å². The van der Waals surface area contributed by atoms with Gasteiger partial charge in [-0.2, -0.15) is 4.98 Å². The Bertz CT molecular complexity index is 827. The summed E-state index contributed by atoms with van der Waals surface area (Å²) in [4.78, 5) is 20.8. The second kappa shape index (κ2) is 6.03. The minimum atomic E-state index is -0.796. The van der Waals surface area contributed by atoms with E-state index in [-0.39, 0.29) is 24.5 Å². The van der Waals surface area contributed by atoms with Gasteiger partial charge in [0.25, 0.3) is 5.56 Å². The number of H-pyrrole nitrogens is 1. The van der Waals surface area contributed by atoms with Crippen molar-refractivity contribution >= 4 is 17.5 Å². The standard InChI is InChI=1S/C16H19N5O4/c17-16-19-14-12(15(24)20-16)18-13(8-4-2-1-3-5-8)21(14)11-6-9(23)10(7-22)25-11/h1-5,9-11,13,18,22-23H,6-7H2,(H3,17,19,20,24)/t9?,10-,11-,13?/m1/s1. The van der Waals surface area contributed by atoms with Crippen molar-refractivity contribution in [3.8, 4) is 0 Å². The Hall–Kier alpha value is -2.62. The molecule has 9 nitrogen and oxygen atoms in total. The number of ether oxygens (including phenoxy) is 1. The number of aromatic nitrogens is 2. The van der Waals surface area contributed by atoms with Gasteiger partial charge in [0.05, 0.1) is 12.7 Å². The lowest BCUT2D eigenvalue weighted by Crippen LogP contribution is -2.38. The molecule has 9 heteroatoms. The molecule has 0 spiro atoms. The summed E-state index contributed by atoms with van der Waals surface area (Å²) in [5.74, 6) is 0.368. The van der Waals surface area contributed by atoms with Gasteiger partial charge in [0.1, 0.15) is 24.2 Å². The normalized spacial score (nSPS) is 28.0. The van der Waals surface area contributed by atoms with Crippen molar-refractivity contribution in [1.29, 1.82) is 0 Å². The molecule has 1 saturated heterocycles. The lowest BCUT2D eigenvalue weighted by Gasteiger charge is -2.31. The number of hydrogen-bond acceptors (Lipinski definition) is 8. The predicted octanol–water partition coefficient (Wildman–Crippen LogP) is -0.249. The summed E-state index contributed by atoms with van der Waals surface area (Å²) in [6.07, 6.45) is -2.15. The number of nitrogen functional groups attached to an aromatic ring is 1. The smallest absolute Gasteiger partial charge is 0.277 e. The van der Waals surface area contributed by atoms with Crippen LogP contribution < -0.4 is 21.5 Å². The van der Waals surface area contributed by atoms with Gasteiger partial charge in [-0.05, 0) is 5.56 Å². The number of aliphatic hydroxyl groups excluding tert-OH is 2. The lowest BCUT2D eigenvalue weighted by molar-refractivity contribution is -0.0236. The molecule has 1 aromatic carbocycles. The Morgan fingerprint density at radius 3 is 2.80 bits per heavy atom. The molecule has 1 aromatic heterocycles. The van der Waals surface area contributed by atoms with Crippen molar-refractivity contribution < 1.29 is 14.9 Å². The van der Waals surface area contributed by atoms with Crippen LogP contribution in [0.2, 0.25) is 0 Å². The van der Waals surface area contributed by atoms with Crippen molar-refractivity contribution in [3.05, 3.63) is 46.2 Å². The monoisotopic (exact) mass is 345 g/mol. The Morgan fingerprint density at radius 2 is 2.12 bits per heavy atom. The van der Waals surface area contributed by atoms with E-state index in [2.05, 4.69) is 15.3 Å². The van der Waals surface area contributed by atoms with Crippen LogP contribution in [-0.2, 0) is 4.74 Å². The quantitative estimate of drug-likeness (QED) is 0.514. The summed E-state index contributed by atoms with van der Waals surface area (Å²) in [5, 5.41) is 22.6. The molecule has 25 heavy (non-hydrogen) atoms. The third-order valence-electron chi connectivity index (χ3n) is 4.53. The van der Waals surface area contributed by atoms with Crippen LogP contribution in [-0.4, -0.2) is 45.2 Å². The number of rotatable bonds is 3. The fourth-order valence-electron chi connectivity index (χ4n) is 3.36. The molecule has 1 fully saturated rings. The molecule has 0 radical (unpaired) electrons. The zero-order valence-electron chi connectivity index (χ0n) is 13.3. The molecule has 4 atom stereocenters. The third-order valence-corrected chi connectivity index (χ3v) is 4.53. The van der Waals surface area contributed by atoms with Crippen LogP contribution in [0.5, 0.6) is 0 Å².